The monoisotopic (exact) mass is 296 g/mol. The summed E-state index contributed by atoms with van der Waals surface area (Å²) >= 11 is 1.40. The quantitative estimate of drug-likeness (QED) is 0.800. The van der Waals surface area contributed by atoms with Crippen LogP contribution in [0.3, 0.4) is 0 Å². The zero-order chi connectivity index (χ0) is 14.7. The molecular weight excluding hydrogens is 280 g/mol. The van der Waals surface area contributed by atoms with Crippen molar-refractivity contribution < 1.29 is 9.52 Å². The van der Waals surface area contributed by atoms with Crippen molar-refractivity contribution in [1.82, 2.24) is 14.8 Å². The van der Waals surface area contributed by atoms with Gasteiger partial charge in [-0.1, -0.05) is 11.8 Å². The van der Waals surface area contributed by atoms with Gasteiger partial charge in [0.05, 0.1) is 12.3 Å². The second kappa shape index (κ2) is 6.10. The molecule has 8 heteroatoms. The standard InChI is InChI=1S/C12H16N4O3S/c1-7(2)16-11(4-13)14-15-12(16)20-6-8-3-9(17)10(18)5-19-8/h3,5,7,18H,4,6,13H2,1-2H3. The number of nitrogens with two attached hydrogens (primary N) is 1. The maximum absolute atomic E-state index is 11.3. The lowest BCUT2D eigenvalue weighted by atomic mass is 10.4. The van der Waals surface area contributed by atoms with Crippen molar-refractivity contribution in [3.63, 3.8) is 0 Å². The molecule has 0 atom stereocenters. The van der Waals surface area contributed by atoms with E-state index in [4.69, 9.17) is 15.3 Å². The Balaban J connectivity index is 2.16. The zero-order valence-corrected chi connectivity index (χ0v) is 12.1. The molecule has 2 rings (SSSR count). The van der Waals surface area contributed by atoms with Crippen molar-refractivity contribution in [2.24, 2.45) is 5.73 Å². The van der Waals surface area contributed by atoms with Gasteiger partial charge in [-0.2, -0.15) is 0 Å². The van der Waals surface area contributed by atoms with E-state index in [0.29, 0.717) is 18.1 Å². The second-order valence-electron chi connectivity index (χ2n) is 4.45. The molecule has 0 aromatic carbocycles. The highest BCUT2D eigenvalue weighted by Crippen LogP contribution is 2.24. The summed E-state index contributed by atoms with van der Waals surface area (Å²) in [5.74, 6) is 1.21. The van der Waals surface area contributed by atoms with Crippen LogP contribution in [0.5, 0.6) is 5.75 Å². The normalized spacial score (nSPS) is 11.2. The number of nitrogens with zero attached hydrogens (tertiary/aromatic N) is 3. The van der Waals surface area contributed by atoms with Gasteiger partial charge in [0.15, 0.2) is 10.9 Å². The molecule has 0 bridgehead atoms. The predicted molar refractivity (Wildman–Crippen MR) is 74.5 cm³/mol. The van der Waals surface area contributed by atoms with Crippen LogP contribution in [0.4, 0.5) is 0 Å². The molecule has 2 aromatic rings. The summed E-state index contributed by atoms with van der Waals surface area (Å²) in [5.41, 5.74) is 5.17. The molecule has 20 heavy (non-hydrogen) atoms. The maximum Gasteiger partial charge on any atom is 0.226 e. The van der Waals surface area contributed by atoms with Crippen molar-refractivity contribution in [2.45, 2.75) is 37.3 Å². The number of aromatic hydroxyl groups is 1. The molecule has 0 aliphatic heterocycles. The van der Waals surface area contributed by atoms with Crippen molar-refractivity contribution in [1.29, 1.82) is 0 Å². The van der Waals surface area contributed by atoms with E-state index in [0.717, 1.165) is 17.2 Å². The predicted octanol–water partition coefficient (Wildman–Crippen LogP) is 1.27. The first-order valence-corrected chi connectivity index (χ1v) is 7.08. The van der Waals surface area contributed by atoms with Gasteiger partial charge in [0.25, 0.3) is 0 Å². The molecule has 0 fully saturated rings. The lowest BCUT2D eigenvalue weighted by Gasteiger charge is -2.12. The highest BCUT2D eigenvalue weighted by Gasteiger charge is 2.14. The van der Waals surface area contributed by atoms with Crippen molar-refractivity contribution in [3.8, 4) is 5.75 Å². The molecule has 0 spiro atoms. The topological polar surface area (TPSA) is 107 Å². The molecule has 0 saturated carbocycles. The Kier molecular flexibility index (Phi) is 4.46. The van der Waals surface area contributed by atoms with Crippen LogP contribution >= 0.6 is 11.8 Å². The van der Waals surface area contributed by atoms with E-state index in [1.165, 1.54) is 17.8 Å². The van der Waals surface area contributed by atoms with Crippen LogP contribution < -0.4 is 11.2 Å². The van der Waals surface area contributed by atoms with Gasteiger partial charge in [-0.25, -0.2) is 0 Å². The minimum absolute atomic E-state index is 0.192. The molecule has 0 unspecified atom stereocenters. The SMILES string of the molecule is CC(C)n1c(CN)nnc1SCc1cc(=O)c(O)co1. The Morgan fingerprint density at radius 1 is 1.50 bits per heavy atom. The van der Waals surface area contributed by atoms with Crippen molar-refractivity contribution in [3.05, 3.63) is 34.1 Å². The highest BCUT2D eigenvalue weighted by atomic mass is 32.2. The van der Waals surface area contributed by atoms with E-state index in [1.807, 2.05) is 18.4 Å². The minimum atomic E-state index is -0.458. The van der Waals surface area contributed by atoms with Gasteiger partial charge in [-0.05, 0) is 13.8 Å². The van der Waals surface area contributed by atoms with Gasteiger partial charge in [-0.3, -0.25) is 4.79 Å². The molecule has 108 valence electrons. The van der Waals surface area contributed by atoms with Gasteiger partial charge >= 0.3 is 0 Å². The highest BCUT2D eigenvalue weighted by molar-refractivity contribution is 7.98. The summed E-state index contributed by atoms with van der Waals surface area (Å²) in [4.78, 5) is 11.3. The number of aromatic nitrogens is 3. The third kappa shape index (κ3) is 3.02. The van der Waals surface area contributed by atoms with Crippen LogP contribution in [-0.2, 0) is 12.3 Å². The Hall–Kier alpha value is -1.80. The number of thioether (sulfide) groups is 1. The van der Waals surface area contributed by atoms with E-state index in [-0.39, 0.29) is 6.04 Å². The Labute approximate surface area is 119 Å². The Bertz CT molecular complexity index is 650. The van der Waals surface area contributed by atoms with Crippen LogP contribution in [0.2, 0.25) is 0 Å². The van der Waals surface area contributed by atoms with Crippen molar-refractivity contribution in [2.75, 3.05) is 0 Å². The van der Waals surface area contributed by atoms with Crippen LogP contribution in [0.15, 0.2) is 26.7 Å². The average molecular weight is 296 g/mol. The summed E-state index contributed by atoms with van der Waals surface area (Å²) in [6.45, 7) is 4.36. The molecular formula is C12H16N4O3S. The second-order valence-corrected chi connectivity index (χ2v) is 5.39. The van der Waals surface area contributed by atoms with Gasteiger partial charge < -0.3 is 19.8 Å². The number of hydrogen-bond acceptors (Lipinski definition) is 7. The average Bonchev–Trinajstić information content (AvgIpc) is 2.83. The maximum atomic E-state index is 11.3. The Morgan fingerprint density at radius 2 is 2.25 bits per heavy atom. The molecule has 2 aromatic heterocycles. The van der Waals surface area contributed by atoms with Gasteiger partial charge in [0.1, 0.15) is 17.8 Å². The molecule has 0 saturated heterocycles. The number of rotatable bonds is 5. The summed E-state index contributed by atoms with van der Waals surface area (Å²) in [6, 6.07) is 1.46. The van der Waals surface area contributed by atoms with Crippen LogP contribution in [0, 0.1) is 0 Å². The van der Waals surface area contributed by atoms with Gasteiger partial charge in [0.2, 0.25) is 5.43 Å². The molecule has 0 aliphatic carbocycles. The molecule has 0 amide bonds. The van der Waals surface area contributed by atoms with E-state index in [9.17, 15) is 4.79 Å². The Morgan fingerprint density at radius 3 is 2.85 bits per heavy atom. The van der Waals surface area contributed by atoms with E-state index < -0.39 is 11.2 Å². The summed E-state index contributed by atoms with van der Waals surface area (Å²) in [7, 11) is 0. The summed E-state index contributed by atoms with van der Waals surface area (Å²) in [5, 5.41) is 18.0. The van der Waals surface area contributed by atoms with Crippen molar-refractivity contribution >= 4 is 11.8 Å². The van der Waals surface area contributed by atoms with Crippen LogP contribution in [0.1, 0.15) is 31.5 Å². The van der Waals surface area contributed by atoms with Crippen LogP contribution in [-0.4, -0.2) is 19.9 Å². The zero-order valence-electron chi connectivity index (χ0n) is 11.2. The smallest absolute Gasteiger partial charge is 0.226 e. The summed E-state index contributed by atoms with van der Waals surface area (Å²) in [6.07, 6.45) is 1.04. The largest absolute Gasteiger partial charge is 0.502 e. The fraction of sp³-hybridized carbons (Fsp3) is 0.417. The third-order valence-corrected chi connectivity index (χ3v) is 3.61. The van der Waals surface area contributed by atoms with E-state index in [2.05, 4.69) is 10.2 Å². The fourth-order valence-electron chi connectivity index (χ4n) is 1.72. The molecule has 2 heterocycles. The lowest BCUT2D eigenvalue weighted by Crippen LogP contribution is -2.11. The molecule has 0 aliphatic rings. The van der Waals surface area contributed by atoms with Gasteiger partial charge in [-0.15, -0.1) is 10.2 Å². The first-order chi connectivity index (χ1) is 9.52. The number of hydrogen-bond donors (Lipinski definition) is 2. The van der Waals surface area contributed by atoms with Crippen LogP contribution in [0.25, 0.3) is 0 Å². The molecule has 7 nitrogen and oxygen atoms in total. The first kappa shape index (κ1) is 14.6. The molecule has 0 radical (unpaired) electrons. The third-order valence-electron chi connectivity index (χ3n) is 2.64. The van der Waals surface area contributed by atoms with E-state index in [1.54, 1.807) is 0 Å². The minimum Gasteiger partial charge on any atom is -0.502 e. The van der Waals surface area contributed by atoms with E-state index >= 15 is 0 Å². The molecule has 3 N–H and O–H groups in total. The van der Waals surface area contributed by atoms with Gasteiger partial charge in [0, 0.05) is 12.1 Å². The summed E-state index contributed by atoms with van der Waals surface area (Å²) < 4.78 is 7.09. The fourth-order valence-corrected chi connectivity index (χ4v) is 2.70. The first-order valence-electron chi connectivity index (χ1n) is 6.10. The lowest BCUT2D eigenvalue weighted by molar-refractivity contribution is 0.419.